The predicted octanol–water partition coefficient (Wildman–Crippen LogP) is 6.86. The van der Waals surface area contributed by atoms with Crippen molar-refractivity contribution in [3.8, 4) is 0 Å². The molecule has 3 nitrogen and oxygen atoms in total. The van der Waals surface area contributed by atoms with Crippen LogP contribution in [0.25, 0.3) is 6.08 Å². The first kappa shape index (κ1) is 21.8. The zero-order valence-corrected chi connectivity index (χ0v) is 17.1. The van der Waals surface area contributed by atoms with E-state index in [9.17, 15) is 18.0 Å². The Kier molecular flexibility index (Phi) is 6.66. The Morgan fingerprint density at radius 3 is 2.17 bits per heavy atom. The van der Waals surface area contributed by atoms with Crippen molar-refractivity contribution in [2.24, 2.45) is 5.92 Å². The molecule has 0 heterocycles. The van der Waals surface area contributed by atoms with Crippen LogP contribution in [0.15, 0.2) is 42.5 Å². The van der Waals surface area contributed by atoms with E-state index < -0.39 is 12.1 Å². The fourth-order valence-electron chi connectivity index (χ4n) is 2.63. The van der Waals surface area contributed by atoms with Gasteiger partial charge in [-0.15, -0.1) is 0 Å². The molecule has 1 atom stereocenters. The zero-order chi connectivity index (χ0) is 21.2. The van der Waals surface area contributed by atoms with Crippen LogP contribution in [0.1, 0.15) is 29.9 Å². The number of anilines is 1. The lowest BCUT2D eigenvalue weighted by molar-refractivity contribution is -0.139. The number of benzene rings is 2. The minimum absolute atomic E-state index is 0.0128. The Morgan fingerprint density at radius 2 is 1.66 bits per heavy atom. The first-order chi connectivity index (χ1) is 13.6. The maximum absolute atomic E-state index is 13.6. The highest BCUT2D eigenvalue weighted by molar-refractivity contribution is 6.48. The Hall–Kier alpha value is -1.89. The number of halogens is 6. The molecule has 154 valence electrons. The van der Waals surface area contributed by atoms with E-state index in [0.29, 0.717) is 11.3 Å². The third-order valence-corrected chi connectivity index (χ3v) is 5.58. The number of hydrogen-bond acceptors (Lipinski definition) is 2. The summed E-state index contributed by atoms with van der Waals surface area (Å²) >= 11 is 17.6. The molecule has 3 rings (SSSR count). The minimum atomic E-state index is -4.54. The summed E-state index contributed by atoms with van der Waals surface area (Å²) in [6.07, 6.45) is -0.358. The van der Waals surface area contributed by atoms with Crippen LogP contribution in [0.5, 0.6) is 0 Å². The number of rotatable bonds is 6. The summed E-state index contributed by atoms with van der Waals surface area (Å²) in [5, 5.41) is -0.0696. The molecule has 1 amide bonds. The molecule has 0 bridgehead atoms. The third kappa shape index (κ3) is 5.81. The van der Waals surface area contributed by atoms with Gasteiger partial charge >= 0.3 is 6.18 Å². The van der Waals surface area contributed by atoms with Gasteiger partial charge < -0.3 is 0 Å². The second-order valence-corrected chi connectivity index (χ2v) is 7.88. The van der Waals surface area contributed by atoms with E-state index in [1.54, 1.807) is 24.3 Å². The first-order valence-electron chi connectivity index (χ1n) is 8.70. The standard InChI is InChI=1S/C20H16Cl3F3N2O/c21-16-9-13(10-17(22)18(16)23)15(20(24,25)26)8-3-11-1-6-14(7-2-11)27-28-19(29)12-4-5-12/h1-3,6-10,12,15,27H,4-5H2,(H,28,29)/b8-3+. The van der Waals surface area contributed by atoms with Crippen molar-refractivity contribution < 1.29 is 18.0 Å². The molecule has 1 aliphatic rings. The van der Waals surface area contributed by atoms with Crippen LogP contribution in [-0.2, 0) is 4.79 Å². The predicted molar refractivity (Wildman–Crippen MR) is 110 cm³/mol. The zero-order valence-electron chi connectivity index (χ0n) is 14.9. The Bertz CT molecular complexity index is 903. The minimum Gasteiger partial charge on any atom is -0.299 e. The Labute approximate surface area is 180 Å². The number of amides is 1. The van der Waals surface area contributed by atoms with Crippen molar-refractivity contribution in [3.63, 3.8) is 0 Å². The molecule has 0 aromatic heterocycles. The summed E-state index contributed by atoms with van der Waals surface area (Å²) < 4.78 is 40.7. The second kappa shape index (κ2) is 8.86. The maximum atomic E-state index is 13.6. The SMILES string of the molecule is O=C(NNc1ccc(/C=C/C(c2cc(Cl)c(Cl)c(Cl)c2)C(F)(F)F)cc1)C1CC1. The summed E-state index contributed by atoms with van der Waals surface area (Å²) in [6.45, 7) is 0. The summed E-state index contributed by atoms with van der Waals surface area (Å²) in [4.78, 5) is 11.6. The number of alkyl halides is 3. The van der Waals surface area contributed by atoms with E-state index in [-0.39, 0.29) is 32.5 Å². The molecule has 2 N–H and O–H groups in total. The van der Waals surface area contributed by atoms with Crippen molar-refractivity contribution in [2.75, 3.05) is 5.43 Å². The topological polar surface area (TPSA) is 41.1 Å². The fourth-order valence-corrected chi connectivity index (χ4v) is 3.24. The van der Waals surface area contributed by atoms with Crippen molar-refractivity contribution in [2.45, 2.75) is 24.9 Å². The molecule has 0 radical (unpaired) electrons. The summed E-state index contributed by atoms with van der Waals surface area (Å²) in [6, 6.07) is 8.91. The molecular weight excluding hydrogens is 448 g/mol. The van der Waals surface area contributed by atoms with E-state index in [1.807, 2.05) is 0 Å². The Morgan fingerprint density at radius 1 is 1.07 bits per heavy atom. The van der Waals surface area contributed by atoms with Gasteiger partial charge in [-0.25, -0.2) is 0 Å². The van der Waals surface area contributed by atoms with Gasteiger partial charge in [0.15, 0.2) is 0 Å². The van der Waals surface area contributed by atoms with E-state index in [1.165, 1.54) is 6.08 Å². The van der Waals surface area contributed by atoms with Gasteiger partial charge in [0.05, 0.1) is 26.7 Å². The molecule has 9 heteroatoms. The van der Waals surface area contributed by atoms with Crippen molar-refractivity contribution in [1.29, 1.82) is 0 Å². The highest BCUT2D eigenvalue weighted by Crippen LogP contribution is 2.41. The lowest BCUT2D eigenvalue weighted by Crippen LogP contribution is -2.30. The van der Waals surface area contributed by atoms with Crippen molar-refractivity contribution in [1.82, 2.24) is 5.43 Å². The quantitative estimate of drug-likeness (QED) is 0.363. The van der Waals surface area contributed by atoms with Crippen LogP contribution < -0.4 is 10.9 Å². The van der Waals surface area contributed by atoms with Crippen LogP contribution in [-0.4, -0.2) is 12.1 Å². The van der Waals surface area contributed by atoms with Gasteiger partial charge in [0.1, 0.15) is 0 Å². The molecule has 0 spiro atoms. The van der Waals surface area contributed by atoms with Crippen LogP contribution in [0, 0.1) is 5.92 Å². The molecule has 1 unspecified atom stereocenters. The first-order valence-corrected chi connectivity index (χ1v) is 9.84. The summed E-state index contributed by atoms with van der Waals surface area (Å²) in [5.41, 5.74) is 6.46. The number of carbonyl (C=O) groups is 1. The van der Waals surface area contributed by atoms with Crippen molar-refractivity contribution >= 4 is 52.5 Å². The van der Waals surface area contributed by atoms with Crippen LogP contribution in [0.2, 0.25) is 15.1 Å². The molecule has 0 aliphatic heterocycles. The lowest BCUT2D eigenvalue weighted by Gasteiger charge is -2.18. The van der Waals surface area contributed by atoms with Gasteiger partial charge in [-0.05, 0) is 48.2 Å². The van der Waals surface area contributed by atoms with Crippen molar-refractivity contribution in [3.05, 3.63) is 68.7 Å². The van der Waals surface area contributed by atoms with Gasteiger partial charge in [0, 0.05) is 5.92 Å². The number of carbonyl (C=O) groups excluding carboxylic acids is 1. The van der Waals surface area contributed by atoms with E-state index in [0.717, 1.165) is 31.1 Å². The number of hydrazine groups is 1. The molecule has 2 aromatic carbocycles. The molecule has 1 fully saturated rings. The van der Waals surface area contributed by atoms with Crippen LogP contribution in [0.3, 0.4) is 0 Å². The van der Waals surface area contributed by atoms with Gasteiger partial charge in [0.2, 0.25) is 5.91 Å². The molecule has 29 heavy (non-hydrogen) atoms. The Balaban J connectivity index is 1.73. The molecule has 0 saturated heterocycles. The van der Waals surface area contributed by atoms with Gasteiger partial charge in [-0.2, -0.15) is 13.2 Å². The average molecular weight is 464 g/mol. The normalized spacial score (nSPS) is 15.4. The van der Waals surface area contributed by atoms with Gasteiger partial charge in [0.25, 0.3) is 0 Å². The third-order valence-electron chi connectivity index (χ3n) is 4.39. The van der Waals surface area contributed by atoms with E-state index in [4.69, 9.17) is 34.8 Å². The highest BCUT2D eigenvalue weighted by atomic mass is 35.5. The fraction of sp³-hybridized carbons (Fsp3) is 0.250. The second-order valence-electron chi connectivity index (χ2n) is 6.69. The van der Waals surface area contributed by atoms with Gasteiger partial charge in [-0.1, -0.05) is 59.1 Å². The monoisotopic (exact) mass is 462 g/mol. The summed E-state index contributed by atoms with van der Waals surface area (Å²) in [5.74, 6) is -1.90. The number of nitrogens with one attached hydrogen (secondary N) is 2. The van der Waals surface area contributed by atoms with Crippen LogP contribution >= 0.6 is 34.8 Å². The van der Waals surface area contributed by atoms with E-state index >= 15 is 0 Å². The molecule has 2 aromatic rings. The van der Waals surface area contributed by atoms with Crippen LogP contribution in [0.4, 0.5) is 18.9 Å². The van der Waals surface area contributed by atoms with E-state index in [2.05, 4.69) is 10.9 Å². The summed E-state index contributed by atoms with van der Waals surface area (Å²) in [7, 11) is 0. The molecular formula is C20H16Cl3F3N2O. The lowest BCUT2D eigenvalue weighted by atomic mass is 9.97. The smallest absolute Gasteiger partial charge is 0.299 e. The largest absolute Gasteiger partial charge is 0.399 e. The molecule has 1 saturated carbocycles. The number of allylic oxidation sites excluding steroid dienone is 1. The average Bonchev–Trinajstić information content (AvgIpc) is 3.49. The highest BCUT2D eigenvalue weighted by Gasteiger charge is 2.39. The number of hydrogen-bond donors (Lipinski definition) is 2. The van der Waals surface area contributed by atoms with Gasteiger partial charge in [-0.3, -0.25) is 15.6 Å². The molecule has 1 aliphatic carbocycles. The maximum Gasteiger partial charge on any atom is 0.399 e.